The van der Waals surface area contributed by atoms with Crippen LogP contribution in [0.2, 0.25) is 0 Å². The Bertz CT molecular complexity index is 1050. The van der Waals surface area contributed by atoms with Crippen molar-refractivity contribution in [3.05, 3.63) is 70.5 Å². The number of nitrogens with zero attached hydrogens (tertiary/aromatic N) is 1. The summed E-state index contributed by atoms with van der Waals surface area (Å²) in [5, 5.41) is 5.96. The summed E-state index contributed by atoms with van der Waals surface area (Å²) in [7, 11) is 1.56. The fraction of sp³-hybridized carbons (Fsp3) is 0.190. The van der Waals surface area contributed by atoms with E-state index in [1.54, 1.807) is 38.4 Å². The third kappa shape index (κ3) is 5.40. The van der Waals surface area contributed by atoms with E-state index in [-0.39, 0.29) is 17.4 Å². The number of hydrogen-bond acceptors (Lipinski definition) is 6. The lowest BCUT2D eigenvalue weighted by molar-refractivity contribution is 0.101. The van der Waals surface area contributed by atoms with Gasteiger partial charge in [-0.3, -0.25) is 9.59 Å². The normalized spacial score (nSPS) is 10.5. The first-order chi connectivity index (χ1) is 14.5. The molecule has 3 aromatic rings. The molecule has 9 heteroatoms. The van der Waals surface area contributed by atoms with Crippen LogP contribution in [-0.2, 0) is 4.74 Å². The number of amides is 2. The predicted octanol–water partition coefficient (Wildman–Crippen LogP) is 4.12. The van der Waals surface area contributed by atoms with E-state index in [0.29, 0.717) is 34.3 Å². The highest BCUT2D eigenvalue weighted by molar-refractivity contribution is 7.18. The van der Waals surface area contributed by atoms with Crippen LogP contribution >= 0.6 is 11.3 Å². The number of methoxy groups -OCH3 is 1. The smallest absolute Gasteiger partial charge is 0.266 e. The third-order valence-electron chi connectivity index (χ3n) is 3.99. The van der Waals surface area contributed by atoms with Crippen LogP contribution in [0.25, 0.3) is 0 Å². The van der Waals surface area contributed by atoms with Gasteiger partial charge in [0.25, 0.3) is 11.8 Å². The summed E-state index contributed by atoms with van der Waals surface area (Å²) in [6.07, 6.45) is 1.56. The van der Waals surface area contributed by atoms with Crippen molar-refractivity contribution in [1.82, 2.24) is 4.98 Å². The quantitative estimate of drug-likeness (QED) is 0.526. The van der Waals surface area contributed by atoms with Gasteiger partial charge in [-0.15, -0.1) is 11.3 Å². The number of carbonyl (C=O) groups is 2. The van der Waals surface area contributed by atoms with Gasteiger partial charge in [0, 0.05) is 18.9 Å². The summed E-state index contributed by atoms with van der Waals surface area (Å²) >= 11 is 1.12. The lowest BCUT2D eigenvalue weighted by Crippen LogP contribution is -2.14. The van der Waals surface area contributed by atoms with Gasteiger partial charge in [0.1, 0.15) is 18.1 Å². The largest absolute Gasteiger partial charge is 0.474 e. The number of nitrogens with one attached hydrogen (secondary N) is 2. The van der Waals surface area contributed by atoms with E-state index in [2.05, 4.69) is 15.6 Å². The first-order valence-corrected chi connectivity index (χ1v) is 9.85. The van der Waals surface area contributed by atoms with Gasteiger partial charge in [0.05, 0.1) is 16.5 Å². The molecule has 0 fully saturated rings. The van der Waals surface area contributed by atoms with Crippen molar-refractivity contribution in [2.75, 3.05) is 31.0 Å². The second kappa shape index (κ2) is 9.95. The summed E-state index contributed by atoms with van der Waals surface area (Å²) in [5.74, 6) is -1.01. The van der Waals surface area contributed by atoms with E-state index in [0.717, 1.165) is 17.4 Å². The summed E-state index contributed by atoms with van der Waals surface area (Å²) in [6, 6.07) is 10.4. The molecule has 2 aromatic heterocycles. The minimum atomic E-state index is -0.495. The van der Waals surface area contributed by atoms with Crippen LogP contribution in [-0.4, -0.2) is 37.1 Å². The molecule has 0 saturated heterocycles. The van der Waals surface area contributed by atoms with Crippen LogP contribution in [0, 0.1) is 12.7 Å². The van der Waals surface area contributed by atoms with Crippen LogP contribution in [0.3, 0.4) is 0 Å². The highest BCUT2D eigenvalue weighted by Crippen LogP contribution is 2.29. The first-order valence-electron chi connectivity index (χ1n) is 9.03. The van der Waals surface area contributed by atoms with Crippen molar-refractivity contribution in [3.8, 4) is 5.88 Å². The van der Waals surface area contributed by atoms with Crippen LogP contribution in [0.1, 0.15) is 25.6 Å². The molecule has 156 valence electrons. The topological polar surface area (TPSA) is 89.6 Å². The van der Waals surface area contributed by atoms with E-state index >= 15 is 0 Å². The summed E-state index contributed by atoms with van der Waals surface area (Å²) in [6.45, 7) is 2.45. The number of aromatic nitrogens is 1. The molecule has 0 saturated carbocycles. The van der Waals surface area contributed by atoms with Crippen molar-refractivity contribution < 1.29 is 23.5 Å². The summed E-state index contributed by atoms with van der Waals surface area (Å²) in [4.78, 5) is 29.6. The van der Waals surface area contributed by atoms with Crippen molar-refractivity contribution in [2.45, 2.75) is 6.92 Å². The number of rotatable bonds is 8. The Hall–Kier alpha value is -3.30. The zero-order valence-electron chi connectivity index (χ0n) is 16.4. The van der Waals surface area contributed by atoms with Crippen molar-refractivity contribution in [1.29, 1.82) is 0 Å². The molecule has 7 nitrogen and oxygen atoms in total. The Balaban J connectivity index is 1.71. The number of ether oxygens (including phenoxy) is 2. The minimum absolute atomic E-state index is 0.195. The number of thiophene rings is 1. The van der Waals surface area contributed by atoms with Gasteiger partial charge in [-0.25, -0.2) is 9.37 Å². The Labute approximate surface area is 176 Å². The van der Waals surface area contributed by atoms with Gasteiger partial charge < -0.3 is 20.1 Å². The Morgan fingerprint density at radius 3 is 2.70 bits per heavy atom. The number of aryl methyl sites for hydroxylation is 1. The van der Waals surface area contributed by atoms with Crippen molar-refractivity contribution in [3.63, 3.8) is 0 Å². The molecule has 2 amide bonds. The van der Waals surface area contributed by atoms with Crippen molar-refractivity contribution in [2.24, 2.45) is 0 Å². The van der Waals surface area contributed by atoms with Crippen LogP contribution in [0.15, 0.2) is 48.7 Å². The zero-order chi connectivity index (χ0) is 21.5. The number of pyridine rings is 1. The highest BCUT2D eigenvalue weighted by Gasteiger charge is 2.18. The van der Waals surface area contributed by atoms with Crippen LogP contribution in [0.5, 0.6) is 5.88 Å². The maximum atomic E-state index is 13.3. The second-order valence-electron chi connectivity index (χ2n) is 6.24. The molecule has 0 unspecified atom stereocenters. The van der Waals surface area contributed by atoms with Gasteiger partial charge in [-0.1, -0.05) is 6.07 Å². The number of hydrogen-bond donors (Lipinski definition) is 2. The van der Waals surface area contributed by atoms with Crippen molar-refractivity contribution >= 4 is 33.8 Å². The molecule has 0 bridgehead atoms. The molecule has 0 radical (unpaired) electrons. The fourth-order valence-electron chi connectivity index (χ4n) is 2.58. The Morgan fingerprint density at radius 1 is 1.10 bits per heavy atom. The van der Waals surface area contributed by atoms with Gasteiger partial charge in [0.15, 0.2) is 0 Å². The van der Waals surface area contributed by atoms with E-state index in [9.17, 15) is 14.0 Å². The van der Waals surface area contributed by atoms with Gasteiger partial charge in [-0.05, 0) is 48.9 Å². The monoisotopic (exact) mass is 429 g/mol. The summed E-state index contributed by atoms with van der Waals surface area (Å²) in [5.41, 5.74) is 1.31. The summed E-state index contributed by atoms with van der Waals surface area (Å²) < 4.78 is 23.8. The predicted molar refractivity (Wildman–Crippen MR) is 113 cm³/mol. The Morgan fingerprint density at radius 2 is 1.93 bits per heavy atom. The molecule has 2 N–H and O–H groups in total. The van der Waals surface area contributed by atoms with E-state index < -0.39 is 11.7 Å². The third-order valence-corrected chi connectivity index (χ3v) is 5.14. The molecule has 1 aromatic carbocycles. The van der Waals surface area contributed by atoms with Crippen LogP contribution < -0.4 is 15.4 Å². The molecule has 0 atom stereocenters. The maximum Gasteiger partial charge on any atom is 0.266 e. The number of anilines is 2. The Kier molecular flexibility index (Phi) is 7.10. The molecule has 0 spiro atoms. The molecule has 0 aliphatic heterocycles. The number of halogens is 1. The minimum Gasteiger partial charge on any atom is -0.474 e. The fourth-order valence-corrected chi connectivity index (χ4v) is 3.55. The van der Waals surface area contributed by atoms with Gasteiger partial charge in [-0.2, -0.15) is 0 Å². The molecule has 30 heavy (non-hydrogen) atoms. The first kappa shape index (κ1) is 21.4. The highest BCUT2D eigenvalue weighted by atomic mass is 32.1. The molecule has 0 aliphatic carbocycles. The van der Waals surface area contributed by atoms with E-state index in [1.165, 1.54) is 18.2 Å². The molecular weight excluding hydrogens is 409 g/mol. The molecular formula is C21H20FN3O4S. The van der Waals surface area contributed by atoms with E-state index in [1.807, 2.05) is 0 Å². The second-order valence-corrected chi connectivity index (χ2v) is 7.29. The SMILES string of the molecule is COCCOc1ncccc1NC(=O)c1sc(NC(=O)c2cccc(F)c2)cc1C. The molecule has 0 aliphatic rings. The van der Waals surface area contributed by atoms with E-state index in [4.69, 9.17) is 9.47 Å². The molecule has 3 rings (SSSR count). The standard InChI is InChI=1S/C21H20FN3O4S/c1-13-11-17(25-19(26)14-5-3-6-15(22)12-14)30-18(13)20(27)24-16-7-4-8-23-21(16)29-10-9-28-2/h3-8,11-12H,9-10H2,1-2H3,(H,24,27)(H,25,26). The van der Waals surface area contributed by atoms with Gasteiger partial charge in [0.2, 0.25) is 5.88 Å². The number of carbonyl (C=O) groups excluding carboxylic acids is 2. The van der Waals surface area contributed by atoms with Gasteiger partial charge >= 0.3 is 0 Å². The lowest BCUT2D eigenvalue weighted by atomic mass is 10.2. The average molecular weight is 429 g/mol. The van der Waals surface area contributed by atoms with Crippen LogP contribution in [0.4, 0.5) is 15.1 Å². The zero-order valence-corrected chi connectivity index (χ0v) is 17.2. The maximum absolute atomic E-state index is 13.3. The average Bonchev–Trinajstić information content (AvgIpc) is 3.09. The number of benzene rings is 1. The lowest BCUT2D eigenvalue weighted by Gasteiger charge is -2.10. The molecule has 2 heterocycles.